The summed E-state index contributed by atoms with van der Waals surface area (Å²) in [6.07, 6.45) is 2.73. The van der Waals surface area contributed by atoms with Crippen molar-refractivity contribution < 1.29 is 14.7 Å². The van der Waals surface area contributed by atoms with Gasteiger partial charge in [0.25, 0.3) is 0 Å². The molecule has 1 fully saturated rings. The number of urea groups is 1. The summed E-state index contributed by atoms with van der Waals surface area (Å²) in [6, 6.07) is -0.386. The van der Waals surface area contributed by atoms with Gasteiger partial charge in [0.2, 0.25) is 0 Å². The minimum Gasteiger partial charge on any atom is -0.480 e. The van der Waals surface area contributed by atoms with E-state index in [-0.39, 0.29) is 6.03 Å². The maximum absolute atomic E-state index is 11.5. The fourth-order valence-electron chi connectivity index (χ4n) is 1.78. The first-order valence-corrected chi connectivity index (χ1v) is 6.11. The van der Waals surface area contributed by atoms with Crippen LogP contribution in [0.1, 0.15) is 32.6 Å². The van der Waals surface area contributed by atoms with Crippen LogP contribution in [0, 0.1) is 0 Å². The maximum atomic E-state index is 11.5. The molecule has 1 aliphatic rings. The molecule has 0 heterocycles. The van der Waals surface area contributed by atoms with Gasteiger partial charge >= 0.3 is 12.0 Å². The first-order chi connectivity index (χ1) is 8.10. The van der Waals surface area contributed by atoms with Gasteiger partial charge < -0.3 is 21.1 Å². The molecule has 4 N–H and O–H groups in total. The van der Waals surface area contributed by atoms with E-state index < -0.39 is 11.5 Å². The third kappa shape index (κ3) is 3.89. The highest BCUT2D eigenvalue weighted by Crippen LogP contribution is 2.31. The van der Waals surface area contributed by atoms with Crippen LogP contribution in [0.4, 0.5) is 4.79 Å². The van der Waals surface area contributed by atoms with E-state index in [0.717, 1.165) is 25.9 Å². The van der Waals surface area contributed by atoms with Gasteiger partial charge in [-0.1, -0.05) is 6.92 Å². The summed E-state index contributed by atoms with van der Waals surface area (Å²) in [4.78, 5) is 22.5. The standard InChI is InChI=1S/C11H21N3O3/c1-2-12-7-4-8-13-10(17)14-11(9(15)16)5-3-6-11/h12H,2-8H2,1H3,(H,15,16)(H2,13,14,17). The van der Waals surface area contributed by atoms with Gasteiger partial charge in [-0.2, -0.15) is 0 Å². The van der Waals surface area contributed by atoms with Gasteiger partial charge in [0.15, 0.2) is 0 Å². The second kappa shape index (κ2) is 6.44. The molecule has 0 unspecified atom stereocenters. The number of carbonyl (C=O) groups excluding carboxylic acids is 1. The monoisotopic (exact) mass is 243 g/mol. The first kappa shape index (κ1) is 13.8. The molecule has 0 aromatic carbocycles. The number of hydrogen-bond donors (Lipinski definition) is 4. The fraction of sp³-hybridized carbons (Fsp3) is 0.818. The maximum Gasteiger partial charge on any atom is 0.329 e. The molecule has 0 spiro atoms. The Bertz CT molecular complexity index is 277. The smallest absolute Gasteiger partial charge is 0.329 e. The SMILES string of the molecule is CCNCCCNC(=O)NC1(C(=O)O)CCC1. The molecule has 6 nitrogen and oxygen atoms in total. The molecule has 0 bridgehead atoms. The van der Waals surface area contributed by atoms with Crippen LogP contribution in [0.5, 0.6) is 0 Å². The fourth-order valence-corrected chi connectivity index (χ4v) is 1.78. The molecule has 0 aromatic heterocycles. The number of carboxylic acids is 1. The van der Waals surface area contributed by atoms with Crippen LogP contribution in [0.2, 0.25) is 0 Å². The molecular formula is C11H21N3O3. The Morgan fingerprint density at radius 3 is 2.47 bits per heavy atom. The number of carboxylic acid groups (broad SMARTS) is 1. The van der Waals surface area contributed by atoms with Gasteiger partial charge in [-0.15, -0.1) is 0 Å². The molecule has 17 heavy (non-hydrogen) atoms. The third-order valence-electron chi connectivity index (χ3n) is 3.04. The molecule has 0 atom stereocenters. The predicted octanol–water partition coefficient (Wildman–Crippen LogP) is 0.293. The Kier molecular flexibility index (Phi) is 5.21. The molecule has 0 aliphatic heterocycles. The summed E-state index contributed by atoms with van der Waals surface area (Å²) in [5, 5.41) is 17.4. The van der Waals surface area contributed by atoms with Gasteiger partial charge in [-0.05, 0) is 38.8 Å². The van der Waals surface area contributed by atoms with E-state index in [1.54, 1.807) is 0 Å². The van der Waals surface area contributed by atoms with Crippen LogP contribution < -0.4 is 16.0 Å². The molecule has 2 amide bonds. The van der Waals surface area contributed by atoms with E-state index in [0.29, 0.717) is 19.4 Å². The third-order valence-corrected chi connectivity index (χ3v) is 3.04. The van der Waals surface area contributed by atoms with Crippen LogP contribution in [-0.2, 0) is 4.79 Å². The zero-order chi connectivity index (χ0) is 12.7. The second-order valence-corrected chi connectivity index (χ2v) is 4.33. The summed E-state index contributed by atoms with van der Waals surface area (Å²) >= 11 is 0. The van der Waals surface area contributed by atoms with Crippen LogP contribution in [0.25, 0.3) is 0 Å². The number of nitrogens with one attached hydrogen (secondary N) is 3. The molecule has 6 heteroatoms. The molecular weight excluding hydrogens is 222 g/mol. The number of amides is 2. The first-order valence-electron chi connectivity index (χ1n) is 6.11. The largest absolute Gasteiger partial charge is 0.480 e. The molecule has 0 saturated heterocycles. The summed E-state index contributed by atoms with van der Waals surface area (Å²) < 4.78 is 0. The highest BCUT2D eigenvalue weighted by molar-refractivity contribution is 5.87. The Balaban J connectivity index is 2.18. The quantitative estimate of drug-likeness (QED) is 0.484. The number of aliphatic carboxylic acids is 1. The summed E-state index contributed by atoms with van der Waals surface area (Å²) in [5.74, 6) is -0.938. The molecule has 1 rings (SSSR count). The Morgan fingerprint density at radius 1 is 1.29 bits per heavy atom. The van der Waals surface area contributed by atoms with Crippen LogP contribution >= 0.6 is 0 Å². The minimum atomic E-state index is -1.02. The lowest BCUT2D eigenvalue weighted by atomic mass is 9.77. The van der Waals surface area contributed by atoms with Crippen molar-refractivity contribution in [3.8, 4) is 0 Å². The van der Waals surface area contributed by atoms with Gasteiger partial charge in [-0.25, -0.2) is 9.59 Å². The average molecular weight is 243 g/mol. The molecule has 1 saturated carbocycles. The van der Waals surface area contributed by atoms with E-state index >= 15 is 0 Å². The van der Waals surface area contributed by atoms with Gasteiger partial charge in [0, 0.05) is 6.54 Å². The molecule has 0 radical (unpaired) electrons. The van der Waals surface area contributed by atoms with Gasteiger partial charge in [0.05, 0.1) is 0 Å². The van der Waals surface area contributed by atoms with Crippen molar-refractivity contribution in [3.05, 3.63) is 0 Å². The summed E-state index contributed by atoms with van der Waals surface area (Å²) in [5.41, 5.74) is -1.02. The molecule has 1 aliphatic carbocycles. The van der Waals surface area contributed by atoms with Crippen molar-refractivity contribution in [2.45, 2.75) is 38.1 Å². The number of hydrogen-bond acceptors (Lipinski definition) is 3. The highest BCUT2D eigenvalue weighted by atomic mass is 16.4. The Labute approximate surface area is 101 Å². The van der Waals surface area contributed by atoms with Crippen molar-refractivity contribution in [1.82, 2.24) is 16.0 Å². The Morgan fingerprint density at radius 2 is 2.00 bits per heavy atom. The highest BCUT2D eigenvalue weighted by Gasteiger charge is 2.45. The van der Waals surface area contributed by atoms with Gasteiger partial charge in [0.1, 0.15) is 5.54 Å². The number of rotatable bonds is 7. The normalized spacial score (nSPS) is 17.0. The minimum absolute atomic E-state index is 0.386. The zero-order valence-corrected chi connectivity index (χ0v) is 10.2. The van der Waals surface area contributed by atoms with Crippen LogP contribution in [-0.4, -0.2) is 42.3 Å². The van der Waals surface area contributed by atoms with E-state index in [1.165, 1.54) is 0 Å². The van der Waals surface area contributed by atoms with Crippen LogP contribution in [0.15, 0.2) is 0 Å². The van der Waals surface area contributed by atoms with Crippen molar-refractivity contribution in [2.75, 3.05) is 19.6 Å². The van der Waals surface area contributed by atoms with Gasteiger partial charge in [-0.3, -0.25) is 0 Å². The summed E-state index contributed by atoms with van der Waals surface area (Å²) in [7, 11) is 0. The van der Waals surface area contributed by atoms with Crippen molar-refractivity contribution >= 4 is 12.0 Å². The lowest BCUT2D eigenvalue weighted by Gasteiger charge is -2.38. The van der Waals surface area contributed by atoms with Crippen molar-refractivity contribution in [2.24, 2.45) is 0 Å². The summed E-state index contributed by atoms with van der Waals surface area (Å²) in [6.45, 7) is 4.33. The zero-order valence-electron chi connectivity index (χ0n) is 10.2. The predicted molar refractivity (Wildman–Crippen MR) is 63.9 cm³/mol. The van der Waals surface area contributed by atoms with E-state index in [9.17, 15) is 9.59 Å². The van der Waals surface area contributed by atoms with Crippen LogP contribution in [0.3, 0.4) is 0 Å². The van der Waals surface area contributed by atoms with E-state index in [1.807, 2.05) is 6.92 Å². The lowest BCUT2D eigenvalue weighted by molar-refractivity contribution is -0.148. The Hall–Kier alpha value is -1.30. The number of carbonyl (C=O) groups is 2. The van der Waals surface area contributed by atoms with E-state index in [4.69, 9.17) is 5.11 Å². The average Bonchev–Trinajstić information content (AvgIpc) is 2.22. The second-order valence-electron chi connectivity index (χ2n) is 4.33. The lowest BCUT2D eigenvalue weighted by Crippen LogP contribution is -2.61. The van der Waals surface area contributed by atoms with Crippen molar-refractivity contribution in [1.29, 1.82) is 0 Å². The molecule has 0 aromatic rings. The molecule has 98 valence electrons. The topological polar surface area (TPSA) is 90.5 Å². The van der Waals surface area contributed by atoms with E-state index in [2.05, 4.69) is 16.0 Å². The van der Waals surface area contributed by atoms with Crippen molar-refractivity contribution in [3.63, 3.8) is 0 Å².